The summed E-state index contributed by atoms with van der Waals surface area (Å²) in [4.78, 5) is 0. The van der Waals surface area contributed by atoms with E-state index >= 15 is 0 Å². The minimum atomic E-state index is -0.708. The molecule has 0 aliphatic rings. The highest BCUT2D eigenvalue weighted by Crippen LogP contribution is 2.40. The van der Waals surface area contributed by atoms with E-state index in [1.54, 1.807) is 14.2 Å². The van der Waals surface area contributed by atoms with Crippen molar-refractivity contribution in [1.29, 1.82) is 0 Å². The third-order valence-electron chi connectivity index (χ3n) is 1.11. The van der Waals surface area contributed by atoms with Gasteiger partial charge in [-0.05, 0) is 12.1 Å². The molecule has 0 heterocycles. The molecule has 5 nitrogen and oxygen atoms in total. The Hall–Kier alpha value is -1.62. The van der Waals surface area contributed by atoms with Gasteiger partial charge in [-0.2, -0.15) is 0 Å². The molecule has 74 valence electrons. The van der Waals surface area contributed by atoms with Crippen LogP contribution in [0.5, 0.6) is 23.0 Å². The average Bonchev–Trinajstić information content (AvgIpc) is 2.10. The van der Waals surface area contributed by atoms with E-state index in [1.807, 2.05) is 0 Å². The van der Waals surface area contributed by atoms with Gasteiger partial charge in [-0.3, -0.25) is 0 Å². The zero-order valence-electron chi connectivity index (χ0n) is 7.35. The molecule has 0 bridgehead atoms. The highest BCUT2D eigenvalue weighted by atomic mass is 16.4. The number of benzene rings is 1. The van der Waals surface area contributed by atoms with E-state index in [1.165, 1.54) is 0 Å². The van der Waals surface area contributed by atoms with Crippen molar-refractivity contribution in [3.05, 3.63) is 12.1 Å². The third kappa shape index (κ3) is 3.08. The maximum Gasteiger partial charge on any atom is 0.204 e. The Morgan fingerprint density at radius 1 is 0.846 bits per heavy atom. The highest BCUT2D eigenvalue weighted by Gasteiger charge is 2.08. The molecule has 0 atom stereocenters. The summed E-state index contributed by atoms with van der Waals surface area (Å²) in [5.74, 6) is -2.34. The first kappa shape index (κ1) is 11.4. The number of rotatable bonds is 0. The Labute approximate surface area is 75.5 Å². The molecule has 4 N–H and O–H groups in total. The van der Waals surface area contributed by atoms with E-state index in [-0.39, 0.29) is 0 Å². The Morgan fingerprint density at radius 3 is 1.31 bits per heavy atom. The first-order valence-electron chi connectivity index (χ1n) is 3.37. The second-order valence-corrected chi connectivity index (χ2v) is 2.21. The molecule has 0 aromatic heterocycles. The van der Waals surface area contributed by atoms with Crippen molar-refractivity contribution in [2.45, 2.75) is 0 Å². The van der Waals surface area contributed by atoms with E-state index in [2.05, 4.69) is 4.74 Å². The van der Waals surface area contributed by atoms with Gasteiger partial charge in [0.15, 0.2) is 11.5 Å². The van der Waals surface area contributed by atoms with Gasteiger partial charge in [0, 0.05) is 14.2 Å². The second kappa shape index (κ2) is 5.10. The lowest BCUT2D eigenvalue weighted by Crippen LogP contribution is -1.71. The van der Waals surface area contributed by atoms with Crippen LogP contribution in [-0.2, 0) is 4.74 Å². The van der Waals surface area contributed by atoms with E-state index in [4.69, 9.17) is 20.4 Å². The van der Waals surface area contributed by atoms with Gasteiger partial charge in [-0.25, -0.2) is 0 Å². The fourth-order valence-electron chi connectivity index (χ4n) is 0.558. The van der Waals surface area contributed by atoms with Gasteiger partial charge in [0.2, 0.25) is 11.5 Å². The first-order valence-corrected chi connectivity index (χ1v) is 3.37. The summed E-state index contributed by atoms with van der Waals surface area (Å²) in [7, 11) is 3.25. The Balaban J connectivity index is 0.000000424. The van der Waals surface area contributed by atoms with Crippen LogP contribution in [0.15, 0.2) is 12.1 Å². The van der Waals surface area contributed by atoms with E-state index in [0.717, 1.165) is 12.1 Å². The minimum Gasteiger partial charge on any atom is -0.504 e. The molecule has 0 unspecified atom stereocenters. The number of phenolic OH excluding ortho intramolecular Hbond substituents is 4. The van der Waals surface area contributed by atoms with Gasteiger partial charge >= 0.3 is 0 Å². The molecule has 0 spiro atoms. The summed E-state index contributed by atoms with van der Waals surface area (Å²) < 4.78 is 4.25. The van der Waals surface area contributed by atoms with E-state index in [0.29, 0.717) is 0 Å². The molecule has 5 heteroatoms. The minimum absolute atomic E-state index is 0.463. The molecule has 0 saturated heterocycles. The van der Waals surface area contributed by atoms with Crippen LogP contribution in [0.2, 0.25) is 0 Å². The molecule has 0 aliphatic heterocycles. The maximum absolute atomic E-state index is 8.73. The molecular formula is C8H12O5. The van der Waals surface area contributed by atoms with Crippen LogP contribution in [0.25, 0.3) is 0 Å². The summed E-state index contributed by atoms with van der Waals surface area (Å²) >= 11 is 0. The number of aromatic hydroxyl groups is 4. The number of hydrogen-bond donors (Lipinski definition) is 4. The van der Waals surface area contributed by atoms with Gasteiger partial charge in [0.05, 0.1) is 0 Å². The number of hydrogen-bond acceptors (Lipinski definition) is 5. The molecular weight excluding hydrogens is 176 g/mol. The fraction of sp³-hybridized carbons (Fsp3) is 0.250. The Morgan fingerprint density at radius 2 is 1.08 bits per heavy atom. The molecule has 0 amide bonds. The molecule has 0 aliphatic carbocycles. The zero-order valence-corrected chi connectivity index (χ0v) is 7.35. The molecule has 0 radical (unpaired) electrons. The molecule has 0 fully saturated rings. The van der Waals surface area contributed by atoms with Crippen LogP contribution in [0.3, 0.4) is 0 Å². The van der Waals surface area contributed by atoms with Crippen LogP contribution < -0.4 is 0 Å². The van der Waals surface area contributed by atoms with E-state index in [9.17, 15) is 0 Å². The van der Waals surface area contributed by atoms with E-state index < -0.39 is 23.0 Å². The lowest BCUT2D eigenvalue weighted by molar-refractivity contribution is 0.277. The van der Waals surface area contributed by atoms with Crippen LogP contribution in [-0.4, -0.2) is 34.6 Å². The summed E-state index contributed by atoms with van der Waals surface area (Å²) in [5, 5.41) is 34.9. The summed E-state index contributed by atoms with van der Waals surface area (Å²) in [5.41, 5.74) is 0. The largest absolute Gasteiger partial charge is 0.504 e. The second-order valence-electron chi connectivity index (χ2n) is 2.21. The van der Waals surface area contributed by atoms with Gasteiger partial charge < -0.3 is 25.2 Å². The SMILES string of the molecule is COC.Oc1ccc(O)c(O)c1O. The number of ether oxygens (including phenoxy) is 1. The predicted octanol–water partition coefficient (Wildman–Crippen LogP) is 0.772. The molecule has 0 saturated carbocycles. The standard InChI is InChI=1S/C6H6O4.C2H6O/c7-3-1-2-4(8)6(10)5(3)9;1-3-2/h1-2,7-10H;1-2H3. The molecule has 13 heavy (non-hydrogen) atoms. The predicted molar refractivity (Wildman–Crippen MR) is 46.0 cm³/mol. The van der Waals surface area contributed by atoms with Crippen molar-refractivity contribution in [3.63, 3.8) is 0 Å². The summed E-state index contributed by atoms with van der Waals surface area (Å²) in [6.07, 6.45) is 0. The lowest BCUT2D eigenvalue weighted by atomic mass is 10.3. The molecule has 1 rings (SSSR count). The topological polar surface area (TPSA) is 90.2 Å². The van der Waals surface area contributed by atoms with Crippen molar-refractivity contribution < 1.29 is 25.2 Å². The van der Waals surface area contributed by atoms with Crippen LogP contribution >= 0.6 is 0 Å². The van der Waals surface area contributed by atoms with Gasteiger partial charge in [0.1, 0.15) is 0 Å². The number of methoxy groups -OCH3 is 1. The van der Waals surface area contributed by atoms with Gasteiger partial charge in [0.25, 0.3) is 0 Å². The van der Waals surface area contributed by atoms with Crippen molar-refractivity contribution >= 4 is 0 Å². The van der Waals surface area contributed by atoms with Crippen molar-refractivity contribution in [3.8, 4) is 23.0 Å². The quantitative estimate of drug-likeness (QED) is 0.356. The Bertz CT molecular complexity index is 244. The van der Waals surface area contributed by atoms with Gasteiger partial charge in [-0.1, -0.05) is 0 Å². The first-order chi connectivity index (χ1) is 6.04. The fourth-order valence-corrected chi connectivity index (χ4v) is 0.558. The Kier molecular flexibility index (Phi) is 4.47. The van der Waals surface area contributed by atoms with Crippen LogP contribution in [0, 0.1) is 0 Å². The molecule has 1 aromatic rings. The summed E-state index contributed by atoms with van der Waals surface area (Å²) in [6.45, 7) is 0. The molecule has 1 aromatic carbocycles. The smallest absolute Gasteiger partial charge is 0.204 e. The summed E-state index contributed by atoms with van der Waals surface area (Å²) in [6, 6.07) is 2.15. The maximum atomic E-state index is 8.73. The van der Waals surface area contributed by atoms with Gasteiger partial charge in [-0.15, -0.1) is 0 Å². The number of phenols is 4. The average molecular weight is 188 g/mol. The highest BCUT2D eigenvalue weighted by molar-refractivity contribution is 5.55. The lowest BCUT2D eigenvalue weighted by Gasteiger charge is -2.00. The van der Waals surface area contributed by atoms with Crippen molar-refractivity contribution in [1.82, 2.24) is 0 Å². The van der Waals surface area contributed by atoms with Crippen LogP contribution in [0.1, 0.15) is 0 Å². The monoisotopic (exact) mass is 188 g/mol. The van der Waals surface area contributed by atoms with Crippen LogP contribution in [0.4, 0.5) is 0 Å². The third-order valence-corrected chi connectivity index (χ3v) is 1.11. The van der Waals surface area contributed by atoms with Crippen molar-refractivity contribution in [2.75, 3.05) is 14.2 Å². The van der Waals surface area contributed by atoms with Crippen molar-refractivity contribution in [2.24, 2.45) is 0 Å². The normalized spacial score (nSPS) is 8.77. The zero-order chi connectivity index (χ0) is 10.4.